The predicted molar refractivity (Wildman–Crippen MR) is 69.3 cm³/mol. The maximum atomic E-state index is 10.4. The molecular formula is C14H17ClO3. The highest BCUT2D eigenvalue weighted by Gasteiger charge is 2.50. The van der Waals surface area contributed by atoms with Gasteiger partial charge in [-0.05, 0) is 23.8 Å². The van der Waals surface area contributed by atoms with Gasteiger partial charge in [-0.2, -0.15) is 0 Å². The lowest BCUT2D eigenvalue weighted by molar-refractivity contribution is 0.136. The lowest BCUT2D eigenvalue weighted by Crippen LogP contribution is -2.16. The van der Waals surface area contributed by atoms with Gasteiger partial charge in [-0.25, -0.2) is 0 Å². The number of benzene rings is 1. The van der Waals surface area contributed by atoms with E-state index in [9.17, 15) is 5.11 Å². The molecule has 0 aromatic heterocycles. The fraction of sp³-hybridized carbons (Fsp3) is 0.571. The van der Waals surface area contributed by atoms with Gasteiger partial charge in [0.1, 0.15) is 13.2 Å². The summed E-state index contributed by atoms with van der Waals surface area (Å²) >= 11 is 6.23. The fourth-order valence-electron chi connectivity index (χ4n) is 2.57. The van der Waals surface area contributed by atoms with Crippen LogP contribution in [0.25, 0.3) is 0 Å². The average Bonchev–Trinajstić information content (AvgIpc) is 2.97. The van der Waals surface area contributed by atoms with Gasteiger partial charge in [0.15, 0.2) is 11.5 Å². The molecule has 1 N–H and O–H groups in total. The molecule has 2 atom stereocenters. The molecule has 1 aliphatic carbocycles. The second kappa shape index (κ2) is 4.04. The van der Waals surface area contributed by atoms with E-state index in [4.69, 9.17) is 21.1 Å². The molecule has 4 heteroatoms. The Labute approximate surface area is 112 Å². The molecule has 0 saturated heterocycles. The normalized spacial score (nSPS) is 25.7. The highest BCUT2D eigenvalue weighted by molar-refractivity contribution is 6.31. The molecule has 18 heavy (non-hydrogen) atoms. The molecule has 1 aromatic carbocycles. The highest BCUT2D eigenvalue weighted by atomic mass is 35.5. The number of rotatable bonds is 2. The molecular weight excluding hydrogens is 252 g/mol. The van der Waals surface area contributed by atoms with Crippen molar-refractivity contribution in [1.82, 2.24) is 0 Å². The first-order valence-electron chi connectivity index (χ1n) is 6.26. The van der Waals surface area contributed by atoms with Gasteiger partial charge in [-0.15, -0.1) is 0 Å². The topological polar surface area (TPSA) is 38.7 Å². The number of aliphatic hydroxyl groups is 1. The van der Waals surface area contributed by atoms with Gasteiger partial charge in [-0.1, -0.05) is 25.4 Å². The minimum atomic E-state index is -0.525. The van der Waals surface area contributed by atoms with Crippen LogP contribution >= 0.6 is 11.6 Å². The quantitative estimate of drug-likeness (QED) is 0.895. The van der Waals surface area contributed by atoms with Crippen LogP contribution in [0.1, 0.15) is 31.9 Å². The van der Waals surface area contributed by atoms with Crippen LogP contribution in [-0.4, -0.2) is 18.3 Å². The largest absolute Gasteiger partial charge is 0.486 e. The minimum absolute atomic E-state index is 0.204. The maximum Gasteiger partial charge on any atom is 0.162 e. The first-order chi connectivity index (χ1) is 8.49. The summed E-state index contributed by atoms with van der Waals surface area (Å²) in [6.07, 6.45) is 0.502. The molecule has 1 saturated carbocycles. The van der Waals surface area contributed by atoms with Gasteiger partial charge >= 0.3 is 0 Å². The van der Waals surface area contributed by atoms with E-state index in [1.165, 1.54) is 0 Å². The number of hydrogen-bond acceptors (Lipinski definition) is 3. The summed E-state index contributed by atoms with van der Waals surface area (Å²) in [5.41, 5.74) is 0.951. The zero-order valence-electron chi connectivity index (χ0n) is 10.6. The second-order valence-electron chi connectivity index (χ2n) is 5.76. The first kappa shape index (κ1) is 12.1. The summed E-state index contributed by atoms with van der Waals surface area (Å²) in [5.74, 6) is 1.62. The van der Waals surface area contributed by atoms with Crippen molar-refractivity contribution in [3.8, 4) is 11.5 Å². The number of ether oxygens (including phenoxy) is 2. The Kier molecular flexibility index (Phi) is 2.72. The molecule has 0 bridgehead atoms. The molecule has 3 rings (SSSR count). The zero-order valence-corrected chi connectivity index (χ0v) is 11.3. The maximum absolute atomic E-state index is 10.4. The van der Waals surface area contributed by atoms with Gasteiger partial charge in [0.25, 0.3) is 0 Å². The Hall–Kier alpha value is -0.930. The van der Waals surface area contributed by atoms with Crippen LogP contribution in [0.3, 0.4) is 0 Å². The van der Waals surface area contributed by atoms with Crippen LogP contribution in [0, 0.1) is 11.3 Å². The van der Waals surface area contributed by atoms with E-state index in [0.29, 0.717) is 29.7 Å². The van der Waals surface area contributed by atoms with Crippen LogP contribution in [0.2, 0.25) is 5.02 Å². The molecule has 2 aliphatic rings. The van der Waals surface area contributed by atoms with Crippen molar-refractivity contribution in [2.45, 2.75) is 26.4 Å². The second-order valence-corrected chi connectivity index (χ2v) is 6.17. The average molecular weight is 269 g/mol. The van der Waals surface area contributed by atoms with E-state index in [0.717, 1.165) is 12.0 Å². The van der Waals surface area contributed by atoms with Gasteiger partial charge in [0, 0.05) is 11.6 Å². The van der Waals surface area contributed by atoms with E-state index >= 15 is 0 Å². The molecule has 98 valence electrons. The molecule has 1 aliphatic heterocycles. The van der Waals surface area contributed by atoms with Crippen LogP contribution in [0.15, 0.2) is 12.1 Å². The summed E-state index contributed by atoms with van der Waals surface area (Å²) in [6.45, 7) is 5.40. The number of hydrogen-bond donors (Lipinski definition) is 1. The molecule has 1 heterocycles. The van der Waals surface area contributed by atoms with Gasteiger partial charge < -0.3 is 14.6 Å². The first-order valence-corrected chi connectivity index (χ1v) is 6.64. The fourth-order valence-corrected chi connectivity index (χ4v) is 2.84. The third-order valence-corrected chi connectivity index (χ3v) is 4.28. The molecule has 2 unspecified atom stereocenters. The Morgan fingerprint density at radius 1 is 1.28 bits per heavy atom. The molecule has 3 nitrogen and oxygen atoms in total. The van der Waals surface area contributed by atoms with E-state index in [1.54, 1.807) is 6.07 Å². The molecule has 1 fully saturated rings. The Bertz CT molecular complexity index is 484. The van der Waals surface area contributed by atoms with Crippen molar-refractivity contribution < 1.29 is 14.6 Å². The summed E-state index contributed by atoms with van der Waals surface area (Å²) in [7, 11) is 0. The lowest BCUT2D eigenvalue weighted by Gasteiger charge is -2.22. The van der Waals surface area contributed by atoms with Crippen LogP contribution in [0.5, 0.6) is 11.5 Å². The highest BCUT2D eigenvalue weighted by Crippen LogP contribution is 2.58. The number of halogens is 1. The Morgan fingerprint density at radius 3 is 2.39 bits per heavy atom. The summed E-state index contributed by atoms with van der Waals surface area (Å²) in [4.78, 5) is 0. The molecule has 0 amide bonds. The Morgan fingerprint density at radius 2 is 1.83 bits per heavy atom. The SMILES string of the molecule is CC1(C)CC1C(O)c1cc2c(cc1Cl)OCCO2. The van der Waals surface area contributed by atoms with E-state index in [2.05, 4.69) is 13.8 Å². The molecule has 0 spiro atoms. The lowest BCUT2D eigenvalue weighted by atomic mass is 9.99. The van der Waals surface area contributed by atoms with Crippen LogP contribution in [-0.2, 0) is 0 Å². The number of aliphatic hydroxyl groups excluding tert-OH is 1. The van der Waals surface area contributed by atoms with Crippen LogP contribution in [0.4, 0.5) is 0 Å². The van der Waals surface area contributed by atoms with Gasteiger partial charge in [0.2, 0.25) is 0 Å². The van der Waals surface area contributed by atoms with Crippen molar-refractivity contribution in [2.75, 3.05) is 13.2 Å². The third kappa shape index (κ3) is 1.95. The summed E-state index contributed by atoms with van der Waals surface area (Å²) < 4.78 is 11.0. The standard InChI is InChI=1S/C14H17ClO3/c1-14(2)7-9(14)13(16)8-5-11-12(6-10(8)15)18-4-3-17-11/h5-6,9,13,16H,3-4,7H2,1-2H3. The van der Waals surface area contributed by atoms with Gasteiger partial charge in [-0.3, -0.25) is 0 Å². The van der Waals surface area contributed by atoms with Crippen molar-refractivity contribution >= 4 is 11.6 Å². The zero-order chi connectivity index (χ0) is 12.9. The van der Waals surface area contributed by atoms with E-state index in [1.807, 2.05) is 6.07 Å². The predicted octanol–water partition coefficient (Wildman–Crippen LogP) is 3.19. The van der Waals surface area contributed by atoms with Crippen molar-refractivity contribution in [3.05, 3.63) is 22.7 Å². The summed E-state index contributed by atoms with van der Waals surface area (Å²) in [6, 6.07) is 3.56. The smallest absolute Gasteiger partial charge is 0.162 e. The van der Waals surface area contributed by atoms with Gasteiger partial charge in [0.05, 0.1) is 11.1 Å². The van der Waals surface area contributed by atoms with Crippen molar-refractivity contribution in [2.24, 2.45) is 11.3 Å². The Balaban J connectivity index is 1.92. The molecule has 0 radical (unpaired) electrons. The van der Waals surface area contributed by atoms with Crippen molar-refractivity contribution in [1.29, 1.82) is 0 Å². The molecule has 1 aromatic rings. The van der Waals surface area contributed by atoms with E-state index in [-0.39, 0.29) is 11.3 Å². The minimum Gasteiger partial charge on any atom is -0.486 e. The number of fused-ring (bicyclic) bond motifs is 1. The van der Waals surface area contributed by atoms with E-state index < -0.39 is 6.10 Å². The third-order valence-electron chi connectivity index (χ3n) is 3.95. The van der Waals surface area contributed by atoms with Crippen LogP contribution < -0.4 is 9.47 Å². The summed E-state index contributed by atoms with van der Waals surface area (Å²) in [5, 5.41) is 10.9. The monoisotopic (exact) mass is 268 g/mol. The van der Waals surface area contributed by atoms with Crippen molar-refractivity contribution in [3.63, 3.8) is 0 Å².